The lowest BCUT2D eigenvalue weighted by molar-refractivity contribution is -0.115. The quantitative estimate of drug-likeness (QED) is 0.348. The van der Waals surface area contributed by atoms with E-state index in [1.807, 2.05) is 54.6 Å². The van der Waals surface area contributed by atoms with Crippen LogP contribution in [-0.4, -0.2) is 11.1 Å². The lowest BCUT2D eigenvalue weighted by Gasteiger charge is -2.12. The van der Waals surface area contributed by atoms with Crippen molar-refractivity contribution in [1.82, 2.24) is 5.32 Å². The van der Waals surface area contributed by atoms with Crippen LogP contribution in [0.15, 0.2) is 101 Å². The first kappa shape index (κ1) is 21.0. The van der Waals surface area contributed by atoms with Gasteiger partial charge in [-0.05, 0) is 65.4 Å². The van der Waals surface area contributed by atoms with Gasteiger partial charge in [0.1, 0.15) is 12.4 Å². The maximum atomic E-state index is 12.6. The van der Waals surface area contributed by atoms with E-state index >= 15 is 0 Å². The van der Waals surface area contributed by atoms with Gasteiger partial charge in [0.25, 0.3) is 5.91 Å². The molecule has 1 N–H and O–H groups in total. The molecule has 0 aliphatic carbocycles. The minimum Gasteiger partial charge on any atom is -0.488 e. The third-order valence-corrected chi connectivity index (χ3v) is 6.23. The highest BCUT2D eigenvalue weighted by Crippen LogP contribution is 2.33. The first-order chi connectivity index (χ1) is 16.1. The zero-order valence-corrected chi connectivity index (χ0v) is 18.9. The van der Waals surface area contributed by atoms with E-state index in [1.165, 1.54) is 17.3 Å². The van der Waals surface area contributed by atoms with E-state index in [-0.39, 0.29) is 5.91 Å². The number of carbonyl (C=O) groups is 1. The summed E-state index contributed by atoms with van der Waals surface area (Å²) in [4.78, 5) is 17.8. The molecule has 0 spiro atoms. The third-order valence-electron chi connectivity index (χ3n) is 5.32. The number of carbonyl (C=O) groups excluding carboxylic acids is 1. The van der Waals surface area contributed by atoms with Gasteiger partial charge in [-0.3, -0.25) is 4.79 Å². The highest BCUT2D eigenvalue weighted by atomic mass is 32.2. The third kappa shape index (κ3) is 4.99. The van der Waals surface area contributed by atoms with Crippen LogP contribution in [0.25, 0.3) is 16.8 Å². The zero-order chi connectivity index (χ0) is 22.6. The molecule has 0 atom stereocenters. The first-order valence-corrected chi connectivity index (χ1v) is 11.5. The Morgan fingerprint density at radius 3 is 2.36 bits per heavy atom. The van der Waals surface area contributed by atoms with Crippen LogP contribution in [0.4, 0.5) is 5.69 Å². The van der Waals surface area contributed by atoms with Crippen LogP contribution >= 0.6 is 11.8 Å². The van der Waals surface area contributed by atoms with Gasteiger partial charge in [0.15, 0.2) is 5.17 Å². The van der Waals surface area contributed by atoms with Gasteiger partial charge < -0.3 is 10.1 Å². The van der Waals surface area contributed by atoms with Crippen LogP contribution in [0.3, 0.4) is 0 Å². The second-order valence-corrected chi connectivity index (χ2v) is 8.86. The number of aliphatic imine (C=N–C) groups is 1. The van der Waals surface area contributed by atoms with Gasteiger partial charge in [0.05, 0.1) is 10.6 Å². The smallest absolute Gasteiger partial charge is 0.264 e. The summed E-state index contributed by atoms with van der Waals surface area (Å²) in [5.74, 6) is 0.580. The number of nitrogens with zero attached hydrogens (tertiary/aromatic N) is 1. The van der Waals surface area contributed by atoms with Gasteiger partial charge in [-0.25, -0.2) is 4.99 Å². The molecule has 0 aromatic heterocycles. The number of hydrogen-bond acceptors (Lipinski definition) is 4. The average Bonchev–Trinajstić information content (AvgIpc) is 3.17. The number of nitrogens with one attached hydrogen (secondary N) is 1. The molecule has 0 radical (unpaired) electrons. The van der Waals surface area contributed by atoms with Gasteiger partial charge in [0.2, 0.25) is 0 Å². The predicted octanol–water partition coefficient (Wildman–Crippen LogP) is 6.62. The molecule has 0 unspecified atom stereocenters. The second-order valence-electron chi connectivity index (χ2n) is 7.83. The molecule has 5 heteroatoms. The monoisotopic (exact) mass is 450 g/mol. The Hall–Kier alpha value is -3.83. The Balaban J connectivity index is 1.46. The summed E-state index contributed by atoms with van der Waals surface area (Å²) in [7, 11) is 0. The zero-order valence-electron chi connectivity index (χ0n) is 18.1. The van der Waals surface area contributed by atoms with Crippen molar-refractivity contribution in [3.63, 3.8) is 0 Å². The fourth-order valence-electron chi connectivity index (χ4n) is 3.56. The lowest BCUT2D eigenvalue weighted by Crippen LogP contribution is -2.19. The lowest BCUT2D eigenvalue weighted by atomic mass is 10.1. The molecule has 1 aliphatic rings. The van der Waals surface area contributed by atoms with E-state index < -0.39 is 0 Å². The number of thioether (sulfide) groups is 1. The number of amides is 1. The van der Waals surface area contributed by atoms with Crippen molar-refractivity contribution < 1.29 is 9.53 Å². The molecule has 33 heavy (non-hydrogen) atoms. The molecule has 0 bridgehead atoms. The summed E-state index contributed by atoms with van der Waals surface area (Å²) < 4.78 is 6.22. The number of para-hydroxylation sites is 1. The van der Waals surface area contributed by atoms with Crippen LogP contribution < -0.4 is 10.1 Å². The topological polar surface area (TPSA) is 50.7 Å². The van der Waals surface area contributed by atoms with Crippen molar-refractivity contribution in [2.24, 2.45) is 4.99 Å². The molecular formula is C28H22N2O2S. The highest BCUT2D eigenvalue weighted by molar-refractivity contribution is 8.18. The highest BCUT2D eigenvalue weighted by Gasteiger charge is 2.24. The van der Waals surface area contributed by atoms with Gasteiger partial charge >= 0.3 is 0 Å². The summed E-state index contributed by atoms with van der Waals surface area (Å²) >= 11 is 1.33. The SMILES string of the molecule is Cc1ccc(COc2cc3ccccc3cc2/C=C2/SC(=Nc3ccccc3)NC2=O)cc1. The summed E-state index contributed by atoms with van der Waals surface area (Å²) in [5.41, 5.74) is 3.97. The number of benzene rings is 4. The van der Waals surface area contributed by atoms with Crippen LogP contribution in [0, 0.1) is 6.92 Å². The standard InChI is InChI=1S/C28H22N2O2S/c1-19-11-13-20(14-12-19)18-32-25-16-22-8-6-5-7-21(22)15-23(25)17-26-27(31)30-28(33-26)29-24-9-3-2-4-10-24/h2-17H,18H2,1H3,(H,29,30,31)/b26-17+. The molecule has 5 rings (SSSR count). The molecule has 162 valence electrons. The van der Waals surface area contributed by atoms with Crippen molar-refractivity contribution in [3.05, 3.63) is 113 Å². The summed E-state index contributed by atoms with van der Waals surface area (Å²) in [5, 5.41) is 5.61. The molecule has 4 aromatic rings. The normalized spacial score (nSPS) is 15.8. The number of amidine groups is 1. The largest absolute Gasteiger partial charge is 0.488 e. The van der Waals surface area contributed by atoms with Crippen molar-refractivity contribution >= 4 is 45.4 Å². The van der Waals surface area contributed by atoms with Crippen molar-refractivity contribution in [1.29, 1.82) is 0 Å². The Morgan fingerprint density at radius 1 is 0.909 bits per heavy atom. The first-order valence-electron chi connectivity index (χ1n) is 10.7. The van der Waals surface area contributed by atoms with Gasteiger partial charge in [0, 0.05) is 5.56 Å². The van der Waals surface area contributed by atoms with Crippen molar-refractivity contribution in [3.8, 4) is 5.75 Å². The molecule has 1 heterocycles. The minimum atomic E-state index is -0.160. The molecule has 1 amide bonds. The Labute approximate surface area is 197 Å². The van der Waals surface area contributed by atoms with E-state index in [4.69, 9.17) is 4.74 Å². The number of ether oxygens (including phenoxy) is 1. The van der Waals surface area contributed by atoms with E-state index in [0.717, 1.165) is 33.3 Å². The minimum absolute atomic E-state index is 0.160. The molecular weight excluding hydrogens is 428 g/mol. The fourth-order valence-corrected chi connectivity index (χ4v) is 4.39. The molecule has 0 saturated carbocycles. The van der Waals surface area contributed by atoms with E-state index in [2.05, 4.69) is 59.7 Å². The molecule has 1 fully saturated rings. The number of fused-ring (bicyclic) bond motifs is 1. The molecule has 1 aliphatic heterocycles. The van der Waals surface area contributed by atoms with Crippen LogP contribution in [0.5, 0.6) is 5.75 Å². The maximum Gasteiger partial charge on any atom is 0.264 e. The summed E-state index contributed by atoms with van der Waals surface area (Å²) in [6.07, 6.45) is 1.88. The average molecular weight is 451 g/mol. The number of hydrogen-bond donors (Lipinski definition) is 1. The van der Waals surface area contributed by atoms with Crippen molar-refractivity contribution in [2.75, 3.05) is 0 Å². The van der Waals surface area contributed by atoms with E-state index in [1.54, 1.807) is 0 Å². The Bertz CT molecular complexity index is 1380. The number of rotatable bonds is 5. The van der Waals surface area contributed by atoms with Gasteiger partial charge in [-0.1, -0.05) is 72.3 Å². The summed E-state index contributed by atoms with van der Waals surface area (Å²) in [6.45, 7) is 2.52. The second kappa shape index (κ2) is 9.35. The Morgan fingerprint density at radius 2 is 1.61 bits per heavy atom. The van der Waals surface area contributed by atoms with E-state index in [9.17, 15) is 4.79 Å². The van der Waals surface area contributed by atoms with E-state index in [0.29, 0.717) is 16.7 Å². The molecule has 1 saturated heterocycles. The maximum absolute atomic E-state index is 12.6. The van der Waals surface area contributed by atoms with Crippen LogP contribution in [-0.2, 0) is 11.4 Å². The Kier molecular flexibility index (Phi) is 5.96. The summed E-state index contributed by atoms with van der Waals surface area (Å²) in [6, 6.07) is 30.1. The van der Waals surface area contributed by atoms with Crippen LogP contribution in [0.2, 0.25) is 0 Å². The molecule has 4 aromatic carbocycles. The number of aryl methyl sites for hydroxylation is 1. The van der Waals surface area contributed by atoms with Gasteiger partial charge in [-0.15, -0.1) is 0 Å². The van der Waals surface area contributed by atoms with Gasteiger partial charge in [-0.2, -0.15) is 0 Å². The fraction of sp³-hybridized carbons (Fsp3) is 0.0714. The molecule has 4 nitrogen and oxygen atoms in total. The van der Waals surface area contributed by atoms with Crippen LogP contribution in [0.1, 0.15) is 16.7 Å². The van der Waals surface area contributed by atoms with Crippen molar-refractivity contribution in [2.45, 2.75) is 13.5 Å². The predicted molar refractivity (Wildman–Crippen MR) is 137 cm³/mol.